The number of carbonyl (C=O) groups is 1. The van der Waals surface area contributed by atoms with Crippen LogP contribution in [0.3, 0.4) is 0 Å². The second kappa shape index (κ2) is 9.35. The van der Waals surface area contributed by atoms with Gasteiger partial charge in [0.15, 0.2) is 0 Å². The van der Waals surface area contributed by atoms with E-state index in [9.17, 15) is 13.6 Å². The monoisotopic (exact) mass is 354 g/mol. The van der Waals surface area contributed by atoms with Crippen molar-refractivity contribution in [1.82, 2.24) is 4.90 Å². The van der Waals surface area contributed by atoms with Gasteiger partial charge in [0.1, 0.15) is 11.6 Å². The third-order valence-electron chi connectivity index (χ3n) is 3.68. The number of hydrogen-bond acceptors (Lipinski definition) is 2. The topological polar surface area (TPSA) is 46.3 Å². The van der Waals surface area contributed by atoms with Gasteiger partial charge >= 0.3 is 0 Å². The van der Waals surface area contributed by atoms with E-state index in [0.29, 0.717) is 19.5 Å². The quantitative estimate of drug-likeness (QED) is 0.864. The molecule has 6 heteroatoms. The minimum absolute atomic E-state index is 0. The third-order valence-corrected chi connectivity index (χ3v) is 3.68. The zero-order valence-corrected chi connectivity index (χ0v) is 14.3. The SMILES string of the molecule is Cc1cc(C(=O)N(CCN)CCc2ccccc2)c(F)cc1F.Cl. The lowest BCUT2D eigenvalue weighted by atomic mass is 10.1. The Balaban J connectivity index is 0.00000288. The van der Waals surface area contributed by atoms with E-state index in [-0.39, 0.29) is 30.1 Å². The van der Waals surface area contributed by atoms with Crippen molar-refractivity contribution in [3.05, 3.63) is 70.8 Å². The molecule has 0 aliphatic rings. The fraction of sp³-hybridized carbons (Fsp3) is 0.278. The number of carbonyl (C=O) groups excluding carboxylic acids is 1. The molecule has 2 N–H and O–H groups in total. The average molecular weight is 355 g/mol. The number of halogens is 3. The van der Waals surface area contributed by atoms with Crippen LogP contribution >= 0.6 is 12.4 Å². The fourth-order valence-corrected chi connectivity index (χ4v) is 2.37. The van der Waals surface area contributed by atoms with Crippen molar-refractivity contribution in [3.8, 4) is 0 Å². The molecular weight excluding hydrogens is 334 g/mol. The summed E-state index contributed by atoms with van der Waals surface area (Å²) in [5.74, 6) is -1.97. The van der Waals surface area contributed by atoms with Crippen molar-refractivity contribution in [2.24, 2.45) is 5.73 Å². The van der Waals surface area contributed by atoms with Crippen molar-refractivity contribution in [3.63, 3.8) is 0 Å². The molecule has 0 saturated carbocycles. The van der Waals surface area contributed by atoms with Gasteiger partial charge in [0.05, 0.1) is 5.56 Å². The molecule has 24 heavy (non-hydrogen) atoms. The average Bonchev–Trinajstić information content (AvgIpc) is 2.55. The van der Waals surface area contributed by atoms with Crippen molar-refractivity contribution in [1.29, 1.82) is 0 Å². The van der Waals surface area contributed by atoms with Crippen molar-refractivity contribution < 1.29 is 13.6 Å². The summed E-state index contributed by atoms with van der Waals surface area (Å²) in [6.07, 6.45) is 0.647. The minimum Gasteiger partial charge on any atom is -0.337 e. The highest BCUT2D eigenvalue weighted by molar-refractivity contribution is 5.94. The zero-order valence-electron chi connectivity index (χ0n) is 13.5. The van der Waals surface area contributed by atoms with Crippen LogP contribution in [0.15, 0.2) is 42.5 Å². The van der Waals surface area contributed by atoms with Gasteiger partial charge in [-0.25, -0.2) is 8.78 Å². The van der Waals surface area contributed by atoms with Gasteiger partial charge in [-0.2, -0.15) is 0 Å². The molecule has 0 fully saturated rings. The highest BCUT2D eigenvalue weighted by Gasteiger charge is 2.20. The summed E-state index contributed by atoms with van der Waals surface area (Å²) in [6.45, 7) is 2.53. The first-order valence-corrected chi connectivity index (χ1v) is 7.52. The summed E-state index contributed by atoms with van der Waals surface area (Å²) in [5, 5.41) is 0. The number of aryl methyl sites for hydroxylation is 1. The lowest BCUT2D eigenvalue weighted by Gasteiger charge is -2.22. The predicted molar refractivity (Wildman–Crippen MR) is 93.4 cm³/mol. The van der Waals surface area contributed by atoms with Gasteiger partial charge in [0, 0.05) is 25.7 Å². The van der Waals surface area contributed by atoms with Gasteiger partial charge in [-0.15, -0.1) is 12.4 Å². The molecule has 0 saturated heterocycles. The molecule has 0 aliphatic carbocycles. The van der Waals surface area contributed by atoms with Gasteiger partial charge in [-0.3, -0.25) is 4.79 Å². The Kier molecular flexibility index (Phi) is 7.82. The van der Waals surface area contributed by atoms with Crippen LogP contribution in [-0.2, 0) is 6.42 Å². The first kappa shape index (κ1) is 20.1. The highest BCUT2D eigenvalue weighted by atomic mass is 35.5. The molecular formula is C18H21ClF2N2O. The summed E-state index contributed by atoms with van der Waals surface area (Å²) in [7, 11) is 0. The molecule has 3 nitrogen and oxygen atoms in total. The third kappa shape index (κ3) is 5.01. The normalized spacial score (nSPS) is 10.2. The molecule has 0 unspecified atom stereocenters. The van der Waals surface area contributed by atoms with Crippen molar-refractivity contribution >= 4 is 18.3 Å². The van der Waals surface area contributed by atoms with Crippen LogP contribution in [0.25, 0.3) is 0 Å². The summed E-state index contributed by atoms with van der Waals surface area (Å²) in [5.41, 5.74) is 6.76. The number of nitrogens with two attached hydrogens (primary N) is 1. The molecule has 0 aliphatic heterocycles. The first-order valence-electron chi connectivity index (χ1n) is 7.52. The maximum Gasteiger partial charge on any atom is 0.256 e. The Labute approximate surface area is 146 Å². The summed E-state index contributed by atoms with van der Waals surface area (Å²) in [4.78, 5) is 14.1. The van der Waals surface area contributed by atoms with Crippen LogP contribution < -0.4 is 5.73 Å². The largest absolute Gasteiger partial charge is 0.337 e. The minimum atomic E-state index is -0.847. The maximum atomic E-state index is 13.9. The van der Waals surface area contributed by atoms with Gasteiger partial charge < -0.3 is 10.6 Å². The molecule has 1 amide bonds. The smallest absolute Gasteiger partial charge is 0.256 e. The van der Waals surface area contributed by atoms with Gasteiger partial charge in [-0.05, 0) is 30.5 Å². The summed E-state index contributed by atoms with van der Waals surface area (Å²) < 4.78 is 27.3. The van der Waals surface area contributed by atoms with E-state index in [1.165, 1.54) is 17.9 Å². The van der Waals surface area contributed by atoms with E-state index < -0.39 is 17.5 Å². The zero-order chi connectivity index (χ0) is 16.8. The van der Waals surface area contributed by atoms with E-state index >= 15 is 0 Å². The number of nitrogens with zero attached hydrogens (tertiary/aromatic N) is 1. The van der Waals surface area contributed by atoms with E-state index in [1.54, 1.807) is 0 Å². The van der Waals surface area contributed by atoms with Crippen LogP contribution in [0.4, 0.5) is 8.78 Å². The predicted octanol–water partition coefficient (Wildman–Crippen LogP) is 3.34. The van der Waals surface area contributed by atoms with Gasteiger partial charge in [-0.1, -0.05) is 30.3 Å². The van der Waals surface area contributed by atoms with Crippen molar-refractivity contribution in [2.75, 3.05) is 19.6 Å². The van der Waals surface area contributed by atoms with E-state index in [4.69, 9.17) is 5.73 Å². The fourth-order valence-electron chi connectivity index (χ4n) is 2.37. The molecule has 0 bridgehead atoms. The molecule has 2 rings (SSSR count). The van der Waals surface area contributed by atoms with Crippen molar-refractivity contribution in [2.45, 2.75) is 13.3 Å². The molecule has 0 aromatic heterocycles. The summed E-state index contributed by atoms with van der Waals surface area (Å²) in [6, 6.07) is 11.7. The van der Waals surface area contributed by atoms with E-state index in [2.05, 4.69) is 0 Å². The Bertz CT molecular complexity index is 680. The van der Waals surface area contributed by atoms with Gasteiger partial charge in [0.2, 0.25) is 0 Å². The molecule has 0 heterocycles. The Morgan fingerprint density at radius 3 is 2.38 bits per heavy atom. The van der Waals surface area contributed by atoms with Crippen LogP contribution in [-0.4, -0.2) is 30.4 Å². The number of benzene rings is 2. The standard InChI is InChI=1S/C18H20F2N2O.ClH/c1-13-11-15(17(20)12-16(13)19)18(23)22(10-8-21)9-7-14-5-3-2-4-6-14;/h2-6,11-12H,7-10,21H2,1H3;1H. The van der Waals surface area contributed by atoms with E-state index in [1.807, 2.05) is 30.3 Å². The molecule has 0 spiro atoms. The maximum absolute atomic E-state index is 13.9. The molecule has 2 aromatic carbocycles. The van der Waals surface area contributed by atoms with Crippen LogP contribution in [0.1, 0.15) is 21.5 Å². The van der Waals surface area contributed by atoms with Gasteiger partial charge in [0.25, 0.3) is 5.91 Å². The Morgan fingerprint density at radius 1 is 1.08 bits per heavy atom. The second-order valence-corrected chi connectivity index (χ2v) is 5.40. The van der Waals surface area contributed by atoms with Crippen LogP contribution in [0.2, 0.25) is 0 Å². The Hall–Kier alpha value is -1.98. The number of amides is 1. The molecule has 0 atom stereocenters. The molecule has 0 radical (unpaired) electrons. The lowest BCUT2D eigenvalue weighted by Crippen LogP contribution is -2.37. The van der Waals surface area contributed by atoms with Crippen LogP contribution in [0, 0.1) is 18.6 Å². The number of hydrogen-bond donors (Lipinski definition) is 1. The first-order chi connectivity index (χ1) is 11.0. The lowest BCUT2D eigenvalue weighted by molar-refractivity contribution is 0.0757. The summed E-state index contributed by atoms with van der Waals surface area (Å²) >= 11 is 0. The highest BCUT2D eigenvalue weighted by Crippen LogP contribution is 2.16. The van der Waals surface area contributed by atoms with E-state index in [0.717, 1.165) is 11.6 Å². The molecule has 130 valence electrons. The Morgan fingerprint density at radius 2 is 1.75 bits per heavy atom. The number of rotatable bonds is 6. The molecule has 2 aromatic rings. The second-order valence-electron chi connectivity index (χ2n) is 5.40. The van der Waals surface area contributed by atoms with Crippen LogP contribution in [0.5, 0.6) is 0 Å².